The number of pyridine rings is 1. The Morgan fingerprint density at radius 2 is 2.17 bits per heavy atom. The Morgan fingerprint density at radius 3 is 2.72 bits per heavy atom. The molecule has 18 heavy (non-hydrogen) atoms. The lowest BCUT2D eigenvalue weighted by Gasteiger charge is -2.29. The first kappa shape index (κ1) is 15.3. The third kappa shape index (κ3) is 4.19. The van der Waals surface area contributed by atoms with Gasteiger partial charge in [-0.05, 0) is 28.9 Å². The molecule has 1 rings (SSSR count). The van der Waals surface area contributed by atoms with E-state index in [4.69, 9.17) is 9.47 Å². The van der Waals surface area contributed by atoms with Crippen LogP contribution in [0.2, 0.25) is 0 Å². The van der Waals surface area contributed by atoms with Crippen LogP contribution in [-0.4, -0.2) is 45.0 Å². The van der Waals surface area contributed by atoms with Crippen molar-refractivity contribution in [2.75, 3.05) is 38.9 Å². The molecule has 0 aromatic carbocycles. The maximum Gasteiger partial charge on any atom is 0.166 e. The smallest absolute Gasteiger partial charge is 0.166 e. The molecule has 0 radical (unpaired) electrons. The Bertz CT molecular complexity index is 379. The fourth-order valence-corrected chi connectivity index (χ4v) is 1.98. The number of nitrogens with zero attached hydrogens (tertiary/aromatic N) is 2. The molecule has 1 atom stereocenters. The van der Waals surface area contributed by atoms with Gasteiger partial charge in [-0.25, -0.2) is 9.37 Å². The highest BCUT2D eigenvalue weighted by atomic mass is 79.9. The predicted molar refractivity (Wildman–Crippen MR) is 72.5 cm³/mol. The topological polar surface area (TPSA) is 34.6 Å². The van der Waals surface area contributed by atoms with Crippen molar-refractivity contribution >= 4 is 21.7 Å². The zero-order valence-electron chi connectivity index (χ0n) is 10.8. The normalized spacial score (nSPS) is 12.5. The van der Waals surface area contributed by atoms with E-state index in [2.05, 4.69) is 20.9 Å². The van der Waals surface area contributed by atoms with Gasteiger partial charge >= 0.3 is 0 Å². The lowest BCUT2D eigenvalue weighted by molar-refractivity contribution is 0.170. The van der Waals surface area contributed by atoms with Crippen molar-refractivity contribution in [2.45, 2.75) is 13.0 Å². The molecule has 1 aromatic heterocycles. The second kappa shape index (κ2) is 7.66. The summed E-state index contributed by atoms with van der Waals surface area (Å²) in [6.45, 7) is 3.53. The van der Waals surface area contributed by atoms with E-state index >= 15 is 0 Å². The molecular weight excluding hydrogens is 303 g/mol. The minimum atomic E-state index is -0.358. The number of hydrogen-bond acceptors (Lipinski definition) is 4. The number of methoxy groups -OCH3 is 2. The maximum atomic E-state index is 13.9. The fraction of sp³-hybridized carbons (Fsp3) is 0.583. The first-order chi connectivity index (χ1) is 8.60. The SMILES string of the molecule is COCCN(c1ncc(Br)cc1F)C(C)COC. The molecule has 0 aliphatic rings. The van der Waals surface area contributed by atoms with E-state index < -0.39 is 0 Å². The summed E-state index contributed by atoms with van der Waals surface area (Å²) in [4.78, 5) is 5.97. The van der Waals surface area contributed by atoms with Gasteiger partial charge in [0.1, 0.15) is 0 Å². The predicted octanol–water partition coefficient (Wildman–Crippen LogP) is 2.47. The summed E-state index contributed by atoms with van der Waals surface area (Å²) >= 11 is 3.20. The summed E-state index contributed by atoms with van der Waals surface area (Å²) in [7, 11) is 3.24. The second-order valence-electron chi connectivity index (χ2n) is 3.95. The first-order valence-electron chi connectivity index (χ1n) is 5.65. The molecule has 4 nitrogen and oxygen atoms in total. The van der Waals surface area contributed by atoms with Crippen molar-refractivity contribution < 1.29 is 13.9 Å². The van der Waals surface area contributed by atoms with Crippen molar-refractivity contribution in [3.63, 3.8) is 0 Å². The van der Waals surface area contributed by atoms with Gasteiger partial charge in [-0.1, -0.05) is 0 Å². The zero-order chi connectivity index (χ0) is 13.5. The lowest BCUT2D eigenvalue weighted by Crippen LogP contribution is -2.39. The van der Waals surface area contributed by atoms with E-state index in [1.807, 2.05) is 11.8 Å². The van der Waals surface area contributed by atoms with Gasteiger partial charge in [0.25, 0.3) is 0 Å². The Labute approximate surface area is 115 Å². The standard InChI is InChI=1S/C12H18BrFN2O2/c1-9(8-18-3)16(4-5-17-2)12-11(14)6-10(13)7-15-12/h6-7,9H,4-5,8H2,1-3H3. The quantitative estimate of drug-likeness (QED) is 0.773. The van der Waals surface area contributed by atoms with E-state index in [9.17, 15) is 4.39 Å². The van der Waals surface area contributed by atoms with Crippen molar-refractivity contribution in [3.8, 4) is 0 Å². The highest BCUT2D eigenvalue weighted by Gasteiger charge is 2.19. The van der Waals surface area contributed by atoms with Crippen LogP contribution >= 0.6 is 15.9 Å². The van der Waals surface area contributed by atoms with E-state index in [0.29, 0.717) is 30.0 Å². The van der Waals surface area contributed by atoms with Gasteiger partial charge in [-0.3, -0.25) is 0 Å². The van der Waals surface area contributed by atoms with Gasteiger partial charge in [-0.2, -0.15) is 0 Å². The summed E-state index contributed by atoms with van der Waals surface area (Å²) in [5, 5.41) is 0. The Kier molecular flexibility index (Phi) is 6.52. The van der Waals surface area contributed by atoms with Crippen LogP contribution in [0.25, 0.3) is 0 Å². The Balaban J connectivity index is 2.93. The molecule has 0 aliphatic heterocycles. The number of anilines is 1. The lowest BCUT2D eigenvalue weighted by atomic mass is 10.2. The molecule has 1 aromatic rings. The van der Waals surface area contributed by atoms with Gasteiger partial charge in [0.15, 0.2) is 11.6 Å². The summed E-state index contributed by atoms with van der Waals surface area (Å²) in [5.41, 5.74) is 0. The van der Waals surface area contributed by atoms with Crippen LogP contribution in [0.5, 0.6) is 0 Å². The van der Waals surface area contributed by atoms with Crippen LogP contribution in [0.1, 0.15) is 6.92 Å². The maximum absolute atomic E-state index is 13.9. The molecule has 0 aliphatic carbocycles. The van der Waals surface area contributed by atoms with Crippen LogP contribution in [0.15, 0.2) is 16.7 Å². The van der Waals surface area contributed by atoms with E-state index in [-0.39, 0.29) is 11.9 Å². The Hall–Kier alpha value is -0.720. The molecule has 0 saturated heterocycles. The molecular formula is C12H18BrFN2O2. The van der Waals surface area contributed by atoms with Gasteiger partial charge in [0.05, 0.1) is 19.3 Å². The van der Waals surface area contributed by atoms with Gasteiger partial charge in [0.2, 0.25) is 0 Å². The van der Waals surface area contributed by atoms with E-state index in [0.717, 1.165) is 0 Å². The molecule has 0 fully saturated rings. The molecule has 0 spiro atoms. The van der Waals surface area contributed by atoms with Crippen molar-refractivity contribution in [2.24, 2.45) is 0 Å². The summed E-state index contributed by atoms with van der Waals surface area (Å²) < 4.78 is 24.7. The number of aromatic nitrogens is 1. The largest absolute Gasteiger partial charge is 0.383 e. The zero-order valence-corrected chi connectivity index (χ0v) is 12.4. The molecule has 6 heteroatoms. The van der Waals surface area contributed by atoms with Crippen LogP contribution in [0.3, 0.4) is 0 Å². The van der Waals surface area contributed by atoms with Gasteiger partial charge in [-0.15, -0.1) is 0 Å². The van der Waals surface area contributed by atoms with Gasteiger partial charge in [0, 0.05) is 31.4 Å². The number of ether oxygens (including phenoxy) is 2. The second-order valence-corrected chi connectivity index (χ2v) is 4.87. The van der Waals surface area contributed by atoms with Crippen LogP contribution < -0.4 is 4.90 Å². The summed E-state index contributed by atoms with van der Waals surface area (Å²) in [5.74, 6) is -0.0387. The average Bonchev–Trinajstić information content (AvgIpc) is 2.32. The first-order valence-corrected chi connectivity index (χ1v) is 6.45. The van der Waals surface area contributed by atoms with Crippen LogP contribution in [0.4, 0.5) is 10.2 Å². The van der Waals surface area contributed by atoms with E-state index in [1.165, 1.54) is 6.07 Å². The molecule has 1 unspecified atom stereocenters. The van der Waals surface area contributed by atoms with Crippen molar-refractivity contribution in [1.29, 1.82) is 0 Å². The van der Waals surface area contributed by atoms with Gasteiger partial charge < -0.3 is 14.4 Å². The molecule has 0 amide bonds. The average molecular weight is 321 g/mol. The highest BCUT2D eigenvalue weighted by molar-refractivity contribution is 9.10. The molecule has 1 heterocycles. The van der Waals surface area contributed by atoms with Crippen LogP contribution in [0, 0.1) is 5.82 Å². The summed E-state index contributed by atoms with van der Waals surface area (Å²) in [6, 6.07) is 1.43. The molecule has 0 saturated carbocycles. The van der Waals surface area contributed by atoms with Crippen molar-refractivity contribution in [1.82, 2.24) is 4.98 Å². The van der Waals surface area contributed by atoms with E-state index in [1.54, 1.807) is 20.4 Å². The van der Waals surface area contributed by atoms with Crippen LogP contribution in [-0.2, 0) is 9.47 Å². The Morgan fingerprint density at radius 1 is 1.44 bits per heavy atom. The molecule has 0 bridgehead atoms. The fourth-order valence-electron chi connectivity index (χ4n) is 1.67. The number of halogens is 2. The number of hydrogen-bond donors (Lipinski definition) is 0. The third-order valence-electron chi connectivity index (χ3n) is 2.54. The third-order valence-corrected chi connectivity index (χ3v) is 2.97. The highest BCUT2D eigenvalue weighted by Crippen LogP contribution is 2.21. The van der Waals surface area contributed by atoms with Crippen molar-refractivity contribution in [3.05, 3.63) is 22.6 Å². The summed E-state index contributed by atoms with van der Waals surface area (Å²) in [6.07, 6.45) is 1.58. The monoisotopic (exact) mass is 320 g/mol. The molecule has 0 N–H and O–H groups in total. The molecule has 102 valence electrons. The minimum Gasteiger partial charge on any atom is -0.383 e. The number of rotatable bonds is 7. The minimum absolute atomic E-state index is 0.0216.